The maximum atomic E-state index is 11.6. The van der Waals surface area contributed by atoms with Crippen molar-refractivity contribution in [3.05, 3.63) is 23.8 Å². The summed E-state index contributed by atoms with van der Waals surface area (Å²) in [4.78, 5) is 19.6. The molecule has 1 heterocycles. The molecule has 0 saturated carbocycles. The molecular weight excluding hydrogens is 192 g/mol. The van der Waals surface area contributed by atoms with E-state index in [1.807, 2.05) is 13.8 Å². The molecule has 0 aromatic carbocycles. The molecular formula is C10H16N4O. The quantitative estimate of drug-likeness (QED) is 0.743. The Morgan fingerprint density at radius 3 is 2.73 bits per heavy atom. The first kappa shape index (κ1) is 11.6. The minimum atomic E-state index is -0.222. The number of amides is 1. The second kappa shape index (κ2) is 5.41. The van der Waals surface area contributed by atoms with Crippen LogP contribution in [0.1, 0.15) is 29.5 Å². The fourth-order valence-electron chi connectivity index (χ4n) is 1.10. The van der Waals surface area contributed by atoms with Gasteiger partial charge < -0.3 is 11.1 Å². The molecule has 82 valence electrons. The maximum Gasteiger partial charge on any atom is 0.271 e. The van der Waals surface area contributed by atoms with Crippen LogP contribution >= 0.6 is 0 Å². The Bertz CT molecular complexity index is 319. The number of aryl methyl sites for hydroxylation is 1. The third-order valence-corrected chi connectivity index (χ3v) is 2.13. The molecule has 1 rings (SSSR count). The van der Waals surface area contributed by atoms with Crippen molar-refractivity contribution in [3.8, 4) is 0 Å². The molecule has 0 spiro atoms. The van der Waals surface area contributed by atoms with Crippen LogP contribution in [-0.2, 0) is 0 Å². The number of rotatable bonds is 4. The first-order valence-electron chi connectivity index (χ1n) is 4.97. The summed E-state index contributed by atoms with van der Waals surface area (Å²) < 4.78 is 0. The topological polar surface area (TPSA) is 80.9 Å². The predicted octanol–water partition coefficient (Wildman–Crippen LogP) is 0.252. The first-order valence-corrected chi connectivity index (χ1v) is 4.97. The maximum absolute atomic E-state index is 11.6. The van der Waals surface area contributed by atoms with E-state index in [0.29, 0.717) is 12.2 Å². The van der Waals surface area contributed by atoms with E-state index in [4.69, 9.17) is 5.73 Å². The van der Waals surface area contributed by atoms with Crippen molar-refractivity contribution in [2.24, 2.45) is 5.73 Å². The molecule has 1 aromatic rings. The van der Waals surface area contributed by atoms with Gasteiger partial charge in [0.25, 0.3) is 5.91 Å². The molecule has 0 radical (unpaired) electrons. The van der Waals surface area contributed by atoms with Gasteiger partial charge in [-0.15, -0.1) is 0 Å². The summed E-state index contributed by atoms with van der Waals surface area (Å²) in [7, 11) is 0. The van der Waals surface area contributed by atoms with Gasteiger partial charge in [-0.2, -0.15) is 0 Å². The molecule has 0 bridgehead atoms. The Labute approximate surface area is 89.1 Å². The van der Waals surface area contributed by atoms with E-state index in [1.165, 1.54) is 6.20 Å². The summed E-state index contributed by atoms with van der Waals surface area (Å²) in [5.74, 6) is -0.222. The molecule has 1 aromatic heterocycles. The summed E-state index contributed by atoms with van der Waals surface area (Å²) in [5.41, 5.74) is 6.60. The van der Waals surface area contributed by atoms with Crippen molar-refractivity contribution < 1.29 is 4.79 Å². The molecule has 0 aliphatic rings. The van der Waals surface area contributed by atoms with E-state index >= 15 is 0 Å². The largest absolute Gasteiger partial charge is 0.347 e. The lowest BCUT2D eigenvalue weighted by molar-refractivity contribution is 0.0931. The van der Waals surface area contributed by atoms with E-state index < -0.39 is 0 Å². The number of carbonyl (C=O) groups excluding carboxylic acids is 1. The van der Waals surface area contributed by atoms with Gasteiger partial charge >= 0.3 is 0 Å². The second-order valence-corrected chi connectivity index (χ2v) is 3.36. The number of nitrogens with one attached hydrogen (secondary N) is 1. The molecule has 5 nitrogen and oxygen atoms in total. The number of carbonyl (C=O) groups is 1. The highest BCUT2D eigenvalue weighted by Crippen LogP contribution is 1.96. The highest BCUT2D eigenvalue weighted by atomic mass is 16.1. The van der Waals surface area contributed by atoms with Crippen LogP contribution in [0.15, 0.2) is 12.4 Å². The Morgan fingerprint density at radius 2 is 2.27 bits per heavy atom. The van der Waals surface area contributed by atoms with Crippen LogP contribution in [0.5, 0.6) is 0 Å². The number of nitrogens with two attached hydrogens (primary N) is 1. The molecule has 1 atom stereocenters. The molecule has 5 heteroatoms. The summed E-state index contributed by atoms with van der Waals surface area (Å²) >= 11 is 0. The van der Waals surface area contributed by atoms with Gasteiger partial charge in [0, 0.05) is 18.8 Å². The Hall–Kier alpha value is -1.49. The fraction of sp³-hybridized carbons (Fsp3) is 0.500. The van der Waals surface area contributed by atoms with Crippen molar-refractivity contribution in [1.29, 1.82) is 0 Å². The average molecular weight is 208 g/mol. The zero-order valence-corrected chi connectivity index (χ0v) is 9.03. The summed E-state index contributed by atoms with van der Waals surface area (Å²) in [6.07, 6.45) is 3.84. The zero-order chi connectivity index (χ0) is 11.3. The van der Waals surface area contributed by atoms with Gasteiger partial charge in [0.15, 0.2) is 0 Å². The van der Waals surface area contributed by atoms with Crippen LogP contribution in [0, 0.1) is 6.92 Å². The van der Waals surface area contributed by atoms with Crippen LogP contribution in [0.25, 0.3) is 0 Å². The standard InChI is InChI=1S/C10H16N4O/c1-3-8(4-11)14-10(15)9-6-12-7(2)5-13-9/h5-6,8H,3-4,11H2,1-2H3,(H,14,15)/t8-/m1/s1. The van der Waals surface area contributed by atoms with Gasteiger partial charge in [0.05, 0.1) is 11.9 Å². The second-order valence-electron chi connectivity index (χ2n) is 3.36. The van der Waals surface area contributed by atoms with E-state index in [0.717, 1.165) is 12.1 Å². The highest BCUT2D eigenvalue weighted by molar-refractivity contribution is 5.92. The molecule has 0 saturated heterocycles. The van der Waals surface area contributed by atoms with Gasteiger partial charge in [-0.25, -0.2) is 4.98 Å². The van der Waals surface area contributed by atoms with Gasteiger partial charge in [-0.1, -0.05) is 6.92 Å². The molecule has 0 fully saturated rings. The minimum absolute atomic E-state index is 0.000558. The van der Waals surface area contributed by atoms with Crippen molar-refractivity contribution in [2.75, 3.05) is 6.54 Å². The van der Waals surface area contributed by atoms with Gasteiger partial charge in [-0.05, 0) is 13.3 Å². The van der Waals surface area contributed by atoms with Crippen molar-refractivity contribution in [1.82, 2.24) is 15.3 Å². The lowest BCUT2D eigenvalue weighted by atomic mass is 10.2. The minimum Gasteiger partial charge on any atom is -0.347 e. The Kier molecular flexibility index (Phi) is 4.17. The smallest absolute Gasteiger partial charge is 0.271 e. The highest BCUT2D eigenvalue weighted by Gasteiger charge is 2.11. The van der Waals surface area contributed by atoms with Gasteiger partial charge in [0.2, 0.25) is 0 Å². The van der Waals surface area contributed by atoms with Crippen LogP contribution < -0.4 is 11.1 Å². The SMILES string of the molecule is CC[C@H](CN)NC(=O)c1cnc(C)cn1. The van der Waals surface area contributed by atoms with Crippen molar-refractivity contribution in [2.45, 2.75) is 26.3 Å². The van der Waals surface area contributed by atoms with E-state index in [2.05, 4.69) is 15.3 Å². The monoisotopic (exact) mass is 208 g/mol. The normalized spacial score (nSPS) is 12.2. The van der Waals surface area contributed by atoms with Crippen LogP contribution in [0.4, 0.5) is 0 Å². The van der Waals surface area contributed by atoms with E-state index in [9.17, 15) is 4.79 Å². The molecule has 0 unspecified atom stereocenters. The summed E-state index contributed by atoms with van der Waals surface area (Å²) in [6, 6.07) is 0.000558. The lowest BCUT2D eigenvalue weighted by Crippen LogP contribution is -2.40. The Morgan fingerprint density at radius 1 is 1.53 bits per heavy atom. The third-order valence-electron chi connectivity index (χ3n) is 2.13. The fourth-order valence-corrected chi connectivity index (χ4v) is 1.10. The summed E-state index contributed by atoms with van der Waals surface area (Å²) in [6.45, 7) is 4.23. The molecule has 0 aliphatic carbocycles. The molecule has 15 heavy (non-hydrogen) atoms. The number of aromatic nitrogens is 2. The van der Waals surface area contributed by atoms with Gasteiger partial charge in [0.1, 0.15) is 5.69 Å². The number of nitrogens with zero attached hydrogens (tertiary/aromatic N) is 2. The Balaban J connectivity index is 2.64. The summed E-state index contributed by atoms with van der Waals surface area (Å²) in [5, 5.41) is 2.79. The predicted molar refractivity (Wildman–Crippen MR) is 57.4 cm³/mol. The third kappa shape index (κ3) is 3.28. The molecule has 1 amide bonds. The van der Waals surface area contributed by atoms with Crippen LogP contribution in [0.2, 0.25) is 0 Å². The van der Waals surface area contributed by atoms with E-state index in [-0.39, 0.29) is 11.9 Å². The zero-order valence-electron chi connectivity index (χ0n) is 9.03. The molecule has 3 N–H and O–H groups in total. The number of hydrogen-bond acceptors (Lipinski definition) is 4. The van der Waals surface area contributed by atoms with Crippen LogP contribution in [0.3, 0.4) is 0 Å². The average Bonchev–Trinajstić information content (AvgIpc) is 2.26. The number of hydrogen-bond donors (Lipinski definition) is 2. The van der Waals surface area contributed by atoms with E-state index in [1.54, 1.807) is 6.20 Å². The van der Waals surface area contributed by atoms with Crippen LogP contribution in [-0.4, -0.2) is 28.5 Å². The first-order chi connectivity index (χ1) is 7.17. The lowest BCUT2D eigenvalue weighted by Gasteiger charge is -2.13. The van der Waals surface area contributed by atoms with Crippen molar-refractivity contribution >= 4 is 5.91 Å². The molecule has 0 aliphatic heterocycles. The van der Waals surface area contributed by atoms with Crippen molar-refractivity contribution in [3.63, 3.8) is 0 Å². The van der Waals surface area contributed by atoms with Gasteiger partial charge in [-0.3, -0.25) is 9.78 Å².